The van der Waals surface area contributed by atoms with E-state index in [0.29, 0.717) is 13.0 Å². The number of hydrogen-bond donors (Lipinski definition) is 1. The lowest BCUT2D eigenvalue weighted by molar-refractivity contribution is -0.143. The Labute approximate surface area is 156 Å². The minimum Gasteiger partial charge on any atom is -0.466 e. The third kappa shape index (κ3) is 6.70. The van der Waals surface area contributed by atoms with Crippen LogP contribution in [0.1, 0.15) is 63.6 Å². The second-order valence-electron chi connectivity index (χ2n) is 7.85. The van der Waals surface area contributed by atoms with Crippen molar-refractivity contribution in [2.45, 2.75) is 77.9 Å². The van der Waals surface area contributed by atoms with Gasteiger partial charge in [0.25, 0.3) is 0 Å². The number of carbonyl (C=O) groups excluding carboxylic acids is 2. The summed E-state index contributed by atoms with van der Waals surface area (Å²) in [6.45, 7) is 7.86. The Hall–Kier alpha value is -2.04. The van der Waals surface area contributed by atoms with Crippen molar-refractivity contribution in [2.75, 3.05) is 6.61 Å². The van der Waals surface area contributed by atoms with E-state index in [-0.39, 0.29) is 18.1 Å². The summed E-state index contributed by atoms with van der Waals surface area (Å²) in [6.07, 6.45) is 4.45. The molecular formula is C21H31NO4. The van der Waals surface area contributed by atoms with Crippen LogP contribution in [-0.4, -0.2) is 30.3 Å². The molecule has 1 N–H and O–H groups in total. The highest BCUT2D eigenvalue weighted by Crippen LogP contribution is 2.24. The molecule has 0 fully saturated rings. The van der Waals surface area contributed by atoms with Crippen LogP contribution in [0.25, 0.3) is 0 Å². The van der Waals surface area contributed by atoms with E-state index in [1.54, 1.807) is 0 Å². The number of benzene rings is 1. The minimum atomic E-state index is -0.483. The molecule has 0 aliphatic heterocycles. The van der Waals surface area contributed by atoms with Crippen LogP contribution in [-0.2, 0) is 33.5 Å². The molecule has 0 spiro atoms. The van der Waals surface area contributed by atoms with E-state index < -0.39 is 5.60 Å². The van der Waals surface area contributed by atoms with Crippen molar-refractivity contribution in [1.29, 1.82) is 0 Å². The fourth-order valence-corrected chi connectivity index (χ4v) is 3.23. The van der Waals surface area contributed by atoms with E-state index in [2.05, 4.69) is 23.5 Å². The molecule has 1 aromatic carbocycles. The molecule has 26 heavy (non-hydrogen) atoms. The molecule has 1 aliphatic rings. The van der Waals surface area contributed by atoms with Crippen LogP contribution in [0, 0.1) is 0 Å². The zero-order valence-electron chi connectivity index (χ0n) is 16.4. The summed E-state index contributed by atoms with van der Waals surface area (Å²) in [5.41, 5.74) is 3.38. The van der Waals surface area contributed by atoms with E-state index >= 15 is 0 Å². The molecule has 1 aromatic rings. The first-order valence-electron chi connectivity index (χ1n) is 9.52. The Morgan fingerprint density at radius 1 is 1.23 bits per heavy atom. The van der Waals surface area contributed by atoms with E-state index in [1.807, 2.05) is 27.7 Å². The SMILES string of the molecule is CCOC(=O)CCCc1ccc2c(c1)CC(NC(=O)OC(C)(C)C)CC2. The summed E-state index contributed by atoms with van der Waals surface area (Å²) in [5, 5.41) is 2.99. The van der Waals surface area contributed by atoms with Crippen LogP contribution in [0.4, 0.5) is 4.79 Å². The maximum Gasteiger partial charge on any atom is 0.407 e. The zero-order chi connectivity index (χ0) is 19.2. The third-order valence-corrected chi connectivity index (χ3v) is 4.37. The Bertz CT molecular complexity index is 633. The predicted octanol–water partition coefficient (Wildman–Crippen LogP) is 3.95. The average molecular weight is 361 g/mol. The average Bonchev–Trinajstić information content (AvgIpc) is 2.53. The van der Waals surface area contributed by atoms with E-state index in [4.69, 9.17) is 9.47 Å². The van der Waals surface area contributed by atoms with Gasteiger partial charge >= 0.3 is 12.1 Å². The maximum absolute atomic E-state index is 12.0. The number of esters is 1. The van der Waals surface area contributed by atoms with Gasteiger partial charge in [-0.2, -0.15) is 0 Å². The van der Waals surface area contributed by atoms with Gasteiger partial charge < -0.3 is 14.8 Å². The van der Waals surface area contributed by atoms with Crippen molar-refractivity contribution in [2.24, 2.45) is 0 Å². The van der Waals surface area contributed by atoms with E-state index in [1.165, 1.54) is 16.7 Å². The van der Waals surface area contributed by atoms with Gasteiger partial charge in [0.1, 0.15) is 5.60 Å². The van der Waals surface area contributed by atoms with Crippen molar-refractivity contribution in [3.8, 4) is 0 Å². The maximum atomic E-state index is 12.0. The van der Waals surface area contributed by atoms with Gasteiger partial charge in [-0.25, -0.2) is 4.79 Å². The molecule has 0 bridgehead atoms. The van der Waals surface area contributed by atoms with Gasteiger partial charge in [-0.3, -0.25) is 4.79 Å². The first kappa shape index (κ1) is 20.3. The van der Waals surface area contributed by atoms with Crippen molar-refractivity contribution in [3.63, 3.8) is 0 Å². The van der Waals surface area contributed by atoms with Gasteiger partial charge in [0, 0.05) is 12.5 Å². The second kappa shape index (κ2) is 9.06. The van der Waals surface area contributed by atoms with Gasteiger partial charge in [-0.05, 0) is 76.5 Å². The molecule has 1 aliphatic carbocycles. The van der Waals surface area contributed by atoms with Crippen LogP contribution in [0.2, 0.25) is 0 Å². The van der Waals surface area contributed by atoms with E-state index in [0.717, 1.165) is 32.1 Å². The summed E-state index contributed by atoms with van der Waals surface area (Å²) in [6, 6.07) is 6.64. The quantitative estimate of drug-likeness (QED) is 0.779. The van der Waals surface area contributed by atoms with Crippen LogP contribution >= 0.6 is 0 Å². The standard InChI is InChI=1S/C21H31NO4/c1-5-25-19(23)8-6-7-15-9-10-16-11-12-18(14-17(16)13-15)22-20(24)26-21(2,3)4/h9-10,13,18H,5-8,11-12,14H2,1-4H3,(H,22,24). The number of hydrogen-bond acceptors (Lipinski definition) is 4. The Morgan fingerprint density at radius 3 is 2.69 bits per heavy atom. The third-order valence-electron chi connectivity index (χ3n) is 4.37. The summed E-state index contributed by atoms with van der Waals surface area (Å²) in [5.74, 6) is -0.132. The number of alkyl carbamates (subject to hydrolysis) is 1. The first-order chi connectivity index (χ1) is 12.3. The molecule has 0 radical (unpaired) electrons. The molecule has 0 saturated heterocycles. The minimum absolute atomic E-state index is 0.104. The largest absolute Gasteiger partial charge is 0.466 e. The van der Waals surface area contributed by atoms with Crippen molar-refractivity contribution in [1.82, 2.24) is 5.32 Å². The summed E-state index contributed by atoms with van der Waals surface area (Å²) < 4.78 is 10.3. The number of ether oxygens (including phenoxy) is 2. The first-order valence-corrected chi connectivity index (χ1v) is 9.52. The van der Waals surface area contributed by atoms with Gasteiger partial charge in [0.05, 0.1) is 6.61 Å². The number of carbonyl (C=O) groups is 2. The smallest absolute Gasteiger partial charge is 0.407 e. The lowest BCUT2D eigenvalue weighted by Gasteiger charge is -2.27. The summed E-state index contributed by atoms with van der Waals surface area (Å²) in [7, 11) is 0. The number of amides is 1. The molecule has 0 saturated carbocycles. The lowest BCUT2D eigenvalue weighted by Crippen LogP contribution is -2.41. The molecule has 1 amide bonds. The fourth-order valence-electron chi connectivity index (χ4n) is 3.23. The molecule has 5 nitrogen and oxygen atoms in total. The van der Waals surface area contributed by atoms with Crippen LogP contribution in [0.5, 0.6) is 0 Å². The topological polar surface area (TPSA) is 64.6 Å². The molecule has 1 atom stereocenters. The molecule has 0 aromatic heterocycles. The molecule has 0 heterocycles. The predicted molar refractivity (Wildman–Crippen MR) is 101 cm³/mol. The number of rotatable bonds is 6. The van der Waals surface area contributed by atoms with Crippen LogP contribution in [0.3, 0.4) is 0 Å². The molecule has 5 heteroatoms. The molecule has 144 valence electrons. The molecule has 1 unspecified atom stereocenters. The Kier molecular flexibility index (Phi) is 7.06. The normalized spacial score (nSPS) is 16.5. The highest BCUT2D eigenvalue weighted by atomic mass is 16.6. The van der Waals surface area contributed by atoms with E-state index in [9.17, 15) is 9.59 Å². The Balaban J connectivity index is 1.88. The van der Waals surface area contributed by atoms with Crippen molar-refractivity contribution >= 4 is 12.1 Å². The molecule has 2 rings (SSSR count). The van der Waals surface area contributed by atoms with Gasteiger partial charge in [0.15, 0.2) is 0 Å². The summed E-state index contributed by atoms with van der Waals surface area (Å²) >= 11 is 0. The van der Waals surface area contributed by atoms with Crippen LogP contribution in [0.15, 0.2) is 18.2 Å². The highest BCUT2D eigenvalue weighted by Gasteiger charge is 2.23. The molecular weight excluding hydrogens is 330 g/mol. The second-order valence-corrected chi connectivity index (χ2v) is 7.85. The Morgan fingerprint density at radius 2 is 2.00 bits per heavy atom. The van der Waals surface area contributed by atoms with Gasteiger partial charge in [-0.15, -0.1) is 0 Å². The fraction of sp³-hybridized carbons (Fsp3) is 0.619. The highest BCUT2D eigenvalue weighted by molar-refractivity contribution is 5.69. The zero-order valence-corrected chi connectivity index (χ0v) is 16.4. The number of nitrogens with one attached hydrogen (secondary N) is 1. The lowest BCUT2D eigenvalue weighted by atomic mass is 9.86. The van der Waals surface area contributed by atoms with Crippen LogP contribution < -0.4 is 5.32 Å². The monoisotopic (exact) mass is 361 g/mol. The number of aryl methyl sites for hydroxylation is 2. The summed E-state index contributed by atoms with van der Waals surface area (Å²) in [4.78, 5) is 23.4. The number of fused-ring (bicyclic) bond motifs is 1. The van der Waals surface area contributed by atoms with Gasteiger partial charge in [-0.1, -0.05) is 18.2 Å². The van der Waals surface area contributed by atoms with Crippen molar-refractivity contribution < 1.29 is 19.1 Å². The van der Waals surface area contributed by atoms with Gasteiger partial charge in [0.2, 0.25) is 0 Å². The van der Waals surface area contributed by atoms with Crippen molar-refractivity contribution in [3.05, 3.63) is 34.9 Å².